The van der Waals surface area contributed by atoms with E-state index < -0.39 is 0 Å². The number of hydrogen-bond donors (Lipinski definition) is 2. The van der Waals surface area contributed by atoms with Crippen LogP contribution in [0.3, 0.4) is 0 Å². The molecule has 2 rings (SSSR count). The fraction of sp³-hybridized carbons (Fsp3) is 0.500. The van der Waals surface area contributed by atoms with Crippen molar-refractivity contribution >= 4 is 41.5 Å². The number of nitrogens with zero attached hydrogens (tertiary/aromatic N) is 2. The number of nitrogens with two attached hydrogens (primary N) is 2. The Labute approximate surface area is 151 Å². The Bertz CT molecular complexity index is 507. The fourth-order valence-electron chi connectivity index (χ4n) is 2.54. The van der Waals surface area contributed by atoms with Crippen LogP contribution in [0.1, 0.15) is 18.5 Å². The molecule has 1 aliphatic rings. The van der Waals surface area contributed by atoms with Crippen molar-refractivity contribution in [1.82, 2.24) is 4.90 Å². The van der Waals surface area contributed by atoms with Gasteiger partial charge in [-0.25, -0.2) is 4.39 Å². The highest BCUT2D eigenvalue weighted by atomic mass is 127. The topological polar surface area (TPSA) is 76.9 Å². The number of guanidine groups is 1. The quantitative estimate of drug-likeness (QED) is 0.425. The number of morpholine rings is 1. The van der Waals surface area contributed by atoms with Crippen molar-refractivity contribution in [2.24, 2.45) is 16.5 Å². The van der Waals surface area contributed by atoms with Gasteiger partial charge in [0.1, 0.15) is 5.82 Å². The number of benzene rings is 1. The minimum Gasteiger partial charge on any atom is -0.376 e. The summed E-state index contributed by atoms with van der Waals surface area (Å²) in [5, 5.41) is 0.380. The van der Waals surface area contributed by atoms with Gasteiger partial charge in [0.15, 0.2) is 5.96 Å². The van der Waals surface area contributed by atoms with E-state index in [1.807, 2.05) is 6.92 Å². The van der Waals surface area contributed by atoms with Gasteiger partial charge in [-0.15, -0.1) is 24.0 Å². The molecule has 0 amide bonds. The molecule has 0 spiro atoms. The second-order valence-corrected chi connectivity index (χ2v) is 5.50. The lowest BCUT2D eigenvalue weighted by Gasteiger charge is -2.37. The maximum absolute atomic E-state index is 14.2. The zero-order chi connectivity index (χ0) is 15.4. The summed E-state index contributed by atoms with van der Waals surface area (Å²) in [6.07, 6.45) is 0.0750. The van der Waals surface area contributed by atoms with Gasteiger partial charge in [0.05, 0.1) is 25.3 Å². The van der Waals surface area contributed by atoms with Crippen LogP contribution >= 0.6 is 35.6 Å². The molecule has 1 aromatic carbocycles. The van der Waals surface area contributed by atoms with Crippen LogP contribution in [0.4, 0.5) is 4.39 Å². The largest absolute Gasteiger partial charge is 0.376 e. The third-order valence-electron chi connectivity index (χ3n) is 3.49. The van der Waals surface area contributed by atoms with Crippen molar-refractivity contribution in [3.05, 3.63) is 34.6 Å². The summed E-state index contributed by atoms with van der Waals surface area (Å²) >= 11 is 6.19. The first-order valence-electron chi connectivity index (χ1n) is 6.84. The first kappa shape index (κ1) is 19.4. The third kappa shape index (κ3) is 4.94. The summed E-state index contributed by atoms with van der Waals surface area (Å²) in [5.41, 5.74) is 11.2. The second-order valence-electron chi connectivity index (χ2n) is 5.09. The lowest BCUT2D eigenvalue weighted by Crippen LogP contribution is -2.44. The second kappa shape index (κ2) is 8.85. The molecule has 22 heavy (non-hydrogen) atoms. The Hall–Kier alpha value is -0.640. The van der Waals surface area contributed by atoms with E-state index in [9.17, 15) is 4.39 Å². The minimum atomic E-state index is -0.350. The van der Waals surface area contributed by atoms with Gasteiger partial charge in [0, 0.05) is 23.7 Å². The van der Waals surface area contributed by atoms with Gasteiger partial charge in [-0.05, 0) is 19.1 Å². The molecule has 1 aliphatic heterocycles. The average molecular weight is 443 g/mol. The molecule has 0 aliphatic carbocycles. The number of ether oxygens (including phenoxy) is 1. The molecule has 1 fully saturated rings. The number of aliphatic imine (C=N–C) groups is 1. The minimum absolute atomic E-state index is 0. The fourth-order valence-corrected chi connectivity index (χ4v) is 2.83. The molecule has 1 aromatic rings. The highest BCUT2D eigenvalue weighted by Crippen LogP contribution is 2.31. The zero-order valence-corrected chi connectivity index (χ0v) is 15.4. The predicted molar refractivity (Wildman–Crippen MR) is 97.2 cm³/mol. The molecule has 1 heterocycles. The molecule has 0 saturated carbocycles. The summed E-state index contributed by atoms with van der Waals surface area (Å²) in [5.74, 6) is -0.369. The van der Waals surface area contributed by atoms with Gasteiger partial charge in [0.25, 0.3) is 0 Å². The predicted octanol–water partition coefficient (Wildman–Crippen LogP) is 2.13. The average Bonchev–Trinajstić information content (AvgIpc) is 2.41. The summed E-state index contributed by atoms with van der Waals surface area (Å²) in [6.45, 7) is 4.18. The van der Waals surface area contributed by atoms with E-state index in [2.05, 4.69) is 9.89 Å². The van der Waals surface area contributed by atoms with Gasteiger partial charge in [-0.2, -0.15) is 0 Å². The van der Waals surface area contributed by atoms with Crippen molar-refractivity contribution in [3.63, 3.8) is 0 Å². The number of hydrogen-bond acceptors (Lipinski definition) is 3. The van der Waals surface area contributed by atoms with Crippen LogP contribution in [-0.4, -0.2) is 43.2 Å². The van der Waals surface area contributed by atoms with Crippen LogP contribution in [0.25, 0.3) is 0 Å². The lowest BCUT2D eigenvalue weighted by molar-refractivity contribution is -0.0336. The van der Waals surface area contributed by atoms with Gasteiger partial charge in [-0.1, -0.05) is 17.7 Å². The number of halogens is 3. The van der Waals surface area contributed by atoms with E-state index in [0.717, 1.165) is 0 Å². The molecular formula is C14H21ClFIN4O. The van der Waals surface area contributed by atoms with Crippen molar-refractivity contribution < 1.29 is 9.13 Å². The van der Waals surface area contributed by atoms with Crippen molar-refractivity contribution in [2.75, 3.05) is 26.2 Å². The van der Waals surface area contributed by atoms with E-state index in [1.165, 1.54) is 6.07 Å². The summed E-state index contributed by atoms with van der Waals surface area (Å²) in [7, 11) is 0. The lowest BCUT2D eigenvalue weighted by atomic mass is 10.0. The summed E-state index contributed by atoms with van der Waals surface area (Å²) < 4.78 is 19.8. The molecule has 2 unspecified atom stereocenters. The van der Waals surface area contributed by atoms with Crippen LogP contribution in [0.15, 0.2) is 23.2 Å². The zero-order valence-electron chi connectivity index (χ0n) is 12.3. The summed E-state index contributed by atoms with van der Waals surface area (Å²) in [6, 6.07) is 4.34. The van der Waals surface area contributed by atoms with Gasteiger partial charge >= 0.3 is 0 Å². The Morgan fingerprint density at radius 2 is 2.27 bits per heavy atom. The SMILES string of the molecule is CC1CN(C(CN=C(N)N)c2c(F)cccc2Cl)CCO1.I. The molecule has 4 N–H and O–H groups in total. The monoisotopic (exact) mass is 442 g/mol. The number of rotatable bonds is 4. The van der Waals surface area contributed by atoms with E-state index >= 15 is 0 Å². The van der Waals surface area contributed by atoms with Crippen molar-refractivity contribution in [1.29, 1.82) is 0 Å². The van der Waals surface area contributed by atoms with Gasteiger partial charge in [0.2, 0.25) is 0 Å². The molecule has 1 saturated heterocycles. The maximum Gasteiger partial charge on any atom is 0.185 e. The van der Waals surface area contributed by atoms with Crippen LogP contribution in [0.2, 0.25) is 5.02 Å². The van der Waals surface area contributed by atoms with Crippen LogP contribution in [-0.2, 0) is 4.74 Å². The highest BCUT2D eigenvalue weighted by molar-refractivity contribution is 14.0. The van der Waals surface area contributed by atoms with E-state index in [-0.39, 0.29) is 54.4 Å². The molecule has 5 nitrogen and oxygen atoms in total. The van der Waals surface area contributed by atoms with Gasteiger partial charge in [-0.3, -0.25) is 9.89 Å². The molecule has 0 bridgehead atoms. The van der Waals surface area contributed by atoms with Crippen LogP contribution in [0.5, 0.6) is 0 Å². The first-order valence-corrected chi connectivity index (χ1v) is 7.21. The van der Waals surface area contributed by atoms with Crippen molar-refractivity contribution in [3.8, 4) is 0 Å². The maximum atomic E-state index is 14.2. The van der Waals surface area contributed by atoms with Gasteiger partial charge < -0.3 is 16.2 Å². The third-order valence-corrected chi connectivity index (χ3v) is 3.82. The Balaban J connectivity index is 0.00000242. The highest BCUT2D eigenvalue weighted by Gasteiger charge is 2.29. The molecule has 2 atom stereocenters. The first-order chi connectivity index (χ1) is 9.99. The van der Waals surface area contributed by atoms with Crippen molar-refractivity contribution in [2.45, 2.75) is 19.1 Å². The van der Waals surface area contributed by atoms with E-state index in [1.54, 1.807) is 12.1 Å². The Morgan fingerprint density at radius 3 is 2.86 bits per heavy atom. The smallest absolute Gasteiger partial charge is 0.185 e. The van der Waals surface area contributed by atoms with E-state index in [0.29, 0.717) is 30.3 Å². The molecule has 0 aromatic heterocycles. The Morgan fingerprint density at radius 1 is 1.55 bits per heavy atom. The molecule has 0 radical (unpaired) electrons. The van der Waals surface area contributed by atoms with Crippen LogP contribution < -0.4 is 11.5 Å². The summed E-state index contributed by atoms with van der Waals surface area (Å²) in [4.78, 5) is 6.15. The Kier molecular flexibility index (Phi) is 7.81. The molecule has 124 valence electrons. The standard InChI is InChI=1S/C14H20ClFN4O.HI/c1-9-8-20(5-6-21-9)12(7-19-14(17)18)13-10(15)3-2-4-11(13)16;/h2-4,9,12H,5-8H2,1H3,(H4,17,18,19);1H. The molecular weight excluding hydrogens is 422 g/mol. The van der Waals surface area contributed by atoms with Crippen LogP contribution in [0, 0.1) is 5.82 Å². The van der Waals surface area contributed by atoms with E-state index in [4.69, 9.17) is 27.8 Å². The normalized spacial score (nSPS) is 20.0. The molecule has 8 heteroatoms.